The fourth-order valence-electron chi connectivity index (χ4n) is 1.79. The summed E-state index contributed by atoms with van der Waals surface area (Å²) >= 11 is 0. The van der Waals surface area contributed by atoms with Gasteiger partial charge in [0.05, 0.1) is 12.8 Å². The van der Waals surface area contributed by atoms with Gasteiger partial charge in [0.15, 0.2) is 5.82 Å². The zero-order valence-corrected chi connectivity index (χ0v) is 12.5. The van der Waals surface area contributed by atoms with E-state index in [4.69, 9.17) is 10.6 Å². The Morgan fingerprint density at radius 3 is 2.48 bits per heavy atom. The van der Waals surface area contributed by atoms with Crippen LogP contribution in [0.5, 0.6) is 5.75 Å². The molecule has 3 N–H and O–H groups in total. The van der Waals surface area contributed by atoms with Crippen LogP contribution in [0.1, 0.15) is 0 Å². The number of nitrogens with zero attached hydrogens (tertiary/aromatic N) is 2. The number of benzene rings is 1. The zero-order valence-electron chi connectivity index (χ0n) is 11.6. The highest BCUT2D eigenvalue weighted by Crippen LogP contribution is 2.26. The highest BCUT2D eigenvalue weighted by molar-refractivity contribution is 7.93. The predicted octanol–water partition coefficient (Wildman–Crippen LogP) is 1.20. The number of ether oxygens (including phenoxy) is 1. The van der Waals surface area contributed by atoms with Crippen molar-refractivity contribution in [2.24, 2.45) is 5.84 Å². The molecule has 2 rings (SSSR count). The average Bonchev–Trinajstić information content (AvgIpc) is 2.54. The van der Waals surface area contributed by atoms with E-state index in [1.165, 1.54) is 25.4 Å². The number of hydrogen-bond donors (Lipinski definition) is 2. The number of nitrogens with two attached hydrogens (primary N) is 1. The molecule has 0 spiro atoms. The predicted molar refractivity (Wildman–Crippen MR) is 80.6 cm³/mol. The standard InChI is InChI=1S/C13H16N4O3S/c1-17(10-5-7-11(20-2)8-6-10)21(18,19)12-4-3-9-15-13(12)16-14/h3-9H,14H2,1-2H3,(H,15,16). The summed E-state index contributed by atoms with van der Waals surface area (Å²) in [5.74, 6) is 6.06. The van der Waals surface area contributed by atoms with Crippen molar-refractivity contribution in [3.8, 4) is 5.75 Å². The minimum atomic E-state index is -3.77. The summed E-state index contributed by atoms with van der Waals surface area (Å²) in [5.41, 5.74) is 2.79. The van der Waals surface area contributed by atoms with Crippen LogP contribution in [0.15, 0.2) is 47.5 Å². The van der Waals surface area contributed by atoms with E-state index in [1.54, 1.807) is 31.4 Å². The number of methoxy groups -OCH3 is 1. The molecule has 1 heterocycles. The Balaban J connectivity index is 2.42. The molecular formula is C13H16N4O3S. The van der Waals surface area contributed by atoms with Crippen molar-refractivity contribution in [1.82, 2.24) is 4.98 Å². The quantitative estimate of drug-likeness (QED) is 0.636. The molecule has 0 bridgehead atoms. The molecule has 7 nitrogen and oxygen atoms in total. The third-order valence-electron chi connectivity index (χ3n) is 2.98. The van der Waals surface area contributed by atoms with Crippen LogP contribution in [-0.2, 0) is 10.0 Å². The number of hydrazine groups is 1. The molecular weight excluding hydrogens is 292 g/mol. The van der Waals surface area contributed by atoms with Gasteiger partial charge < -0.3 is 10.2 Å². The van der Waals surface area contributed by atoms with E-state index in [2.05, 4.69) is 10.4 Å². The number of anilines is 2. The molecule has 0 aliphatic carbocycles. The van der Waals surface area contributed by atoms with Gasteiger partial charge in [-0.25, -0.2) is 19.2 Å². The third-order valence-corrected chi connectivity index (χ3v) is 4.80. The van der Waals surface area contributed by atoms with Gasteiger partial charge in [0.25, 0.3) is 10.0 Å². The maximum absolute atomic E-state index is 12.6. The van der Waals surface area contributed by atoms with E-state index in [9.17, 15) is 8.42 Å². The van der Waals surface area contributed by atoms with Crippen LogP contribution in [0.4, 0.5) is 11.5 Å². The number of rotatable bonds is 5. The molecule has 0 aliphatic heterocycles. The first-order chi connectivity index (χ1) is 10.0. The fraction of sp³-hybridized carbons (Fsp3) is 0.154. The Morgan fingerprint density at radius 1 is 1.24 bits per heavy atom. The Morgan fingerprint density at radius 2 is 1.90 bits per heavy atom. The molecule has 0 aliphatic rings. The van der Waals surface area contributed by atoms with Gasteiger partial charge in [-0.2, -0.15) is 0 Å². The molecule has 0 unspecified atom stereocenters. The van der Waals surface area contributed by atoms with E-state index in [0.29, 0.717) is 11.4 Å². The number of sulfonamides is 1. The normalized spacial score (nSPS) is 11.0. The van der Waals surface area contributed by atoms with Gasteiger partial charge >= 0.3 is 0 Å². The van der Waals surface area contributed by atoms with E-state index in [1.807, 2.05) is 0 Å². The molecule has 0 atom stereocenters. The van der Waals surface area contributed by atoms with Gasteiger partial charge in [-0.15, -0.1) is 0 Å². The van der Waals surface area contributed by atoms with Crippen LogP contribution in [0.25, 0.3) is 0 Å². The van der Waals surface area contributed by atoms with Gasteiger partial charge in [0.2, 0.25) is 0 Å². The maximum atomic E-state index is 12.6. The first-order valence-electron chi connectivity index (χ1n) is 6.05. The molecule has 21 heavy (non-hydrogen) atoms. The van der Waals surface area contributed by atoms with Crippen molar-refractivity contribution in [2.45, 2.75) is 4.90 Å². The Labute approximate surface area is 123 Å². The molecule has 0 fully saturated rings. The molecule has 2 aromatic rings. The van der Waals surface area contributed by atoms with Crippen LogP contribution >= 0.6 is 0 Å². The highest BCUT2D eigenvalue weighted by atomic mass is 32.2. The lowest BCUT2D eigenvalue weighted by atomic mass is 10.3. The molecule has 112 valence electrons. The second-order valence-electron chi connectivity index (χ2n) is 4.17. The van der Waals surface area contributed by atoms with E-state index >= 15 is 0 Å². The van der Waals surface area contributed by atoms with Crippen LogP contribution < -0.4 is 20.3 Å². The molecule has 0 radical (unpaired) electrons. The van der Waals surface area contributed by atoms with Crippen molar-refractivity contribution in [3.05, 3.63) is 42.6 Å². The topological polar surface area (TPSA) is 97.5 Å². The summed E-state index contributed by atoms with van der Waals surface area (Å²) in [6.45, 7) is 0. The second kappa shape index (κ2) is 5.98. The zero-order chi connectivity index (χ0) is 15.5. The van der Waals surface area contributed by atoms with Crippen LogP contribution in [-0.4, -0.2) is 27.6 Å². The second-order valence-corrected chi connectivity index (χ2v) is 6.10. The summed E-state index contributed by atoms with van der Waals surface area (Å²) < 4.78 is 31.5. The van der Waals surface area contributed by atoms with Crippen molar-refractivity contribution >= 4 is 21.5 Å². The minimum absolute atomic E-state index is 0.00539. The summed E-state index contributed by atoms with van der Waals surface area (Å²) in [4.78, 5) is 3.91. The lowest BCUT2D eigenvalue weighted by Crippen LogP contribution is -2.28. The fourth-order valence-corrected chi connectivity index (χ4v) is 3.09. The van der Waals surface area contributed by atoms with Gasteiger partial charge in [-0.05, 0) is 36.4 Å². The van der Waals surface area contributed by atoms with Crippen molar-refractivity contribution in [1.29, 1.82) is 0 Å². The molecule has 1 aromatic carbocycles. The number of nitrogen functional groups attached to an aromatic ring is 1. The molecule has 0 saturated carbocycles. The lowest BCUT2D eigenvalue weighted by Gasteiger charge is -2.20. The summed E-state index contributed by atoms with van der Waals surface area (Å²) in [5, 5.41) is 0. The highest BCUT2D eigenvalue weighted by Gasteiger charge is 2.24. The van der Waals surface area contributed by atoms with Gasteiger partial charge in [0, 0.05) is 13.2 Å². The summed E-state index contributed by atoms with van der Waals surface area (Å²) in [7, 11) is -0.758. The van der Waals surface area contributed by atoms with Gasteiger partial charge in [-0.3, -0.25) is 4.31 Å². The van der Waals surface area contributed by atoms with Crippen LogP contribution in [0, 0.1) is 0 Å². The average molecular weight is 308 g/mol. The molecule has 8 heteroatoms. The largest absolute Gasteiger partial charge is 0.497 e. The monoisotopic (exact) mass is 308 g/mol. The number of hydrogen-bond acceptors (Lipinski definition) is 6. The van der Waals surface area contributed by atoms with E-state index < -0.39 is 10.0 Å². The number of pyridine rings is 1. The van der Waals surface area contributed by atoms with Crippen LogP contribution in [0.3, 0.4) is 0 Å². The number of aromatic nitrogens is 1. The SMILES string of the molecule is COc1ccc(N(C)S(=O)(=O)c2cccnc2NN)cc1. The van der Waals surface area contributed by atoms with Crippen molar-refractivity contribution < 1.29 is 13.2 Å². The van der Waals surface area contributed by atoms with Gasteiger partial charge in [-0.1, -0.05) is 0 Å². The molecule has 0 saturated heterocycles. The molecule has 1 aromatic heterocycles. The first-order valence-corrected chi connectivity index (χ1v) is 7.49. The third kappa shape index (κ3) is 2.91. The molecule has 0 amide bonds. The summed E-state index contributed by atoms with van der Waals surface area (Å²) in [6.07, 6.45) is 1.46. The van der Waals surface area contributed by atoms with E-state index in [0.717, 1.165) is 4.31 Å². The number of nitrogens with one attached hydrogen (secondary N) is 1. The van der Waals surface area contributed by atoms with Crippen molar-refractivity contribution in [2.75, 3.05) is 23.9 Å². The maximum Gasteiger partial charge on any atom is 0.267 e. The first kappa shape index (κ1) is 15.1. The Bertz CT molecular complexity index is 716. The lowest BCUT2D eigenvalue weighted by molar-refractivity contribution is 0.415. The van der Waals surface area contributed by atoms with Gasteiger partial charge in [0.1, 0.15) is 10.6 Å². The summed E-state index contributed by atoms with van der Waals surface area (Å²) in [6, 6.07) is 9.66. The van der Waals surface area contributed by atoms with Crippen LogP contribution in [0.2, 0.25) is 0 Å². The smallest absolute Gasteiger partial charge is 0.267 e. The van der Waals surface area contributed by atoms with Crippen molar-refractivity contribution in [3.63, 3.8) is 0 Å². The Kier molecular flexibility index (Phi) is 4.29. The van der Waals surface area contributed by atoms with E-state index in [-0.39, 0.29) is 10.7 Å². The minimum Gasteiger partial charge on any atom is -0.497 e. The Hall–Kier alpha value is -2.32.